The highest BCUT2D eigenvalue weighted by molar-refractivity contribution is 5.36. The van der Waals surface area contributed by atoms with Gasteiger partial charge in [-0.15, -0.1) is 10.2 Å². The molecule has 6 nitrogen and oxygen atoms in total. The van der Waals surface area contributed by atoms with Crippen LogP contribution in [0.3, 0.4) is 0 Å². The molecule has 3 heterocycles. The fraction of sp³-hybridized carbons (Fsp3) is 0.400. The molecule has 0 fully saturated rings. The zero-order valence-corrected chi connectivity index (χ0v) is 9.67. The number of fused-ring (bicyclic) bond motifs is 1. The van der Waals surface area contributed by atoms with Crippen LogP contribution in [0.15, 0.2) is 18.6 Å². The molecule has 3 rings (SSSR count). The van der Waals surface area contributed by atoms with Crippen molar-refractivity contribution in [3.63, 3.8) is 0 Å². The maximum absolute atomic E-state index is 12.7. The topological polar surface area (TPSA) is 59.7 Å². The van der Waals surface area contributed by atoms with Gasteiger partial charge >= 0.3 is 6.18 Å². The molecule has 2 aromatic rings. The van der Waals surface area contributed by atoms with Crippen LogP contribution in [0.1, 0.15) is 11.6 Å². The number of rotatable bonds is 1. The average Bonchev–Trinajstić information content (AvgIpc) is 2.82. The zero-order valence-electron chi connectivity index (χ0n) is 9.67. The Balaban J connectivity index is 1.88. The molecule has 1 aliphatic rings. The molecule has 0 spiro atoms. The SMILES string of the molecule is FC(F)(F)c1nnc2n1CCN(c1cnccn1)C2. The molecule has 0 aromatic carbocycles. The van der Waals surface area contributed by atoms with Crippen LogP contribution < -0.4 is 4.90 Å². The maximum Gasteiger partial charge on any atom is 0.451 e. The van der Waals surface area contributed by atoms with Gasteiger partial charge in [-0.25, -0.2) is 4.98 Å². The molecule has 9 heteroatoms. The van der Waals surface area contributed by atoms with E-state index in [1.54, 1.807) is 6.20 Å². The lowest BCUT2D eigenvalue weighted by Gasteiger charge is -2.28. The molecule has 2 aromatic heterocycles. The van der Waals surface area contributed by atoms with Gasteiger partial charge < -0.3 is 9.47 Å². The highest BCUT2D eigenvalue weighted by Gasteiger charge is 2.39. The second-order valence-electron chi connectivity index (χ2n) is 4.07. The first-order valence-electron chi connectivity index (χ1n) is 5.56. The maximum atomic E-state index is 12.7. The van der Waals surface area contributed by atoms with Crippen LogP contribution in [0.5, 0.6) is 0 Å². The molecule has 100 valence electrons. The molecule has 0 atom stereocenters. The minimum absolute atomic E-state index is 0.174. The molecule has 0 aliphatic carbocycles. The summed E-state index contributed by atoms with van der Waals surface area (Å²) in [6.45, 7) is 0.822. The quantitative estimate of drug-likeness (QED) is 0.776. The fourth-order valence-corrected chi connectivity index (χ4v) is 2.02. The summed E-state index contributed by atoms with van der Waals surface area (Å²) in [6, 6.07) is 0. The summed E-state index contributed by atoms with van der Waals surface area (Å²) < 4.78 is 39.1. The van der Waals surface area contributed by atoms with Crippen LogP contribution >= 0.6 is 0 Å². The van der Waals surface area contributed by atoms with Crippen LogP contribution in [0, 0.1) is 0 Å². The van der Waals surface area contributed by atoms with Crippen LogP contribution in [0.25, 0.3) is 0 Å². The van der Waals surface area contributed by atoms with Crippen LogP contribution in [-0.4, -0.2) is 31.3 Å². The van der Waals surface area contributed by atoms with E-state index in [-0.39, 0.29) is 18.9 Å². The van der Waals surface area contributed by atoms with Gasteiger partial charge in [-0.05, 0) is 0 Å². The van der Waals surface area contributed by atoms with Gasteiger partial charge in [-0.1, -0.05) is 0 Å². The summed E-state index contributed by atoms with van der Waals surface area (Å²) in [4.78, 5) is 9.86. The lowest BCUT2D eigenvalue weighted by atomic mass is 10.3. The van der Waals surface area contributed by atoms with E-state index < -0.39 is 12.0 Å². The van der Waals surface area contributed by atoms with E-state index in [2.05, 4.69) is 20.2 Å². The Hall–Kier alpha value is -2.19. The largest absolute Gasteiger partial charge is 0.451 e. The van der Waals surface area contributed by atoms with E-state index in [1.165, 1.54) is 12.4 Å². The van der Waals surface area contributed by atoms with Crippen molar-refractivity contribution >= 4 is 5.82 Å². The standard InChI is InChI=1S/C10H9F3N6/c11-10(12,13)9-17-16-8-6-18(3-4-19(8)9)7-5-14-1-2-15-7/h1-2,5H,3-4,6H2. The average molecular weight is 270 g/mol. The Bertz CT molecular complexity index is 579. The number of anilines is 1. The third-order valence-electron chi connectivity index (χ3n) is 2.88. The van der Waals surface area contributed by atoms with E-state index in [1.807, 2.05) is 4.90 Å². The van der Waals surface area contributed by atoms with Crippen molar-refractivity contribution in [3.05, 3.63) is 30.2 Å². The van der Waals surface area contributed by atoms with Crippen molar-refractivity contribution in [3.8, 4) is 0 Å². The van der Waals surface area contributed by atoms with Gasteiger partial charge in [0.15, 0.2) is 5.82 Å². The fourth-order valence-electron chi connectivity index (χ4n) is 2.02. The molecule has 19 heavy (non-hydrogen) atoms. The molecule has 0 unspecified atom stereocenters. The van der Waals surface area contributed by atoms with Crippen molar-refractivity contribution in [2.75, 3.05) is 11.4 Å². The van der Waals surface area contributed by atoms with Gasteiger partial charge in [-0.3, -0.25) is 4.98 Å². The van der Waals surface area contributed by atoms with Crippen molar-refractivity contribution < 1.29 is 13.2 Å². The second kappa shape index (κ2) is 4.18. The summed E-state index contributed by atoms with van der Waals surface area (Å²) >= 11 is 0. The van der Waals surface area contributed by atoms with Crippen molar-refractivity contribution in [1.82, 2.24) is 24.7 Å². The van der Waals surface area contributed by atoms with E-state index in [0.717, 1.165) is 4.57 Å². The molecule has 0 N–H and O–H groups in total. The molecule has 0 bridgehead atoms. The van der Waals surface area contributed by atoms with Crippen molar-refractivity contribution in [2.45, 2.75) is 19.3 Å². The molecule has 0 saturated heterocycles. The first kappa shape index (κ1) is 11.9. The smallest absolute Gasteiger partial charge is 0.346 e. The normalized spacial score (nSPS) is 15.4. The Labute approximate surface area is 105 Å². The molecular formula is C10H9F3N6. The van der Waals surface area contributed by atoms with E-state index in [0.29, 0.717) is 12.4 Å². The van der Waals surface area contributed by atoms with Gasteiger partial charge in [0.25, 0.3) is 0 Å². The Morgan fingerprint density at radius 2 is 1.95 bits per heavy atom. The Kier molecular flexibility index (Phi) is 2.61. The van der Waals surface area contributed by atoms with Crippen LogP contribution in [0.2, 0.25) is 0 Å². The zero-order chi connectivity index (χ0) is 13.5. The molecular weight excluding hydrogens is 261 g/mol. The van der Waals surface area contributed by atoms with Gasteiger partial charge in [0.05, 0.1) is 12.7 Å². The summed E-state index contributed by atoms with van der Waals surface area (Å²) in [6.07, 6.45) is 0.171. The van der Waals surface area contributed by atoms with E-state index in [4.69, 9.17) is 0 Å². The van der Waals surface area contributed by atoms with E-state index >= 15 is 0 Å². The Morgan fingerprint density at radius 1 is 1.11 bits per heavy atom. The summed E-state index contributed by atoms with van der Waals surface area (Å²) in [5, 5.41) is 6.82. The lowest BCUT2D eigenvalue weighted by molar-refractivity contribution is -0.147. The molecule has 0 saturated carbocycles. The monoisotopic (exact) mass is 270 g/mol. The molecule has 1 aliphatic heterocycles. The van der Waals surface area contributed by atoms with Crippen LogP contribution in [0.4, 0.5) is 19.0 Å². The highest BCUT2D eigenvalue weighted by Crippen LogP contribution is 2.29. The minimum Gasteiger partial charge on any atom is -0.346 e. The van der Waals surface area contributed by atoms with Crippen molar-refractivity contribution in [1.29, 1.82) is 0 Å². The van der Waals surface area contributed by atoms with Gasteiger partial charge in [0, 0.05) is 25.5 Å². The molecule has 0 radical (unpaired) electrons. The number of alkyl halides is 3. The third-order valence-corrected chi connectivity index (χ3v) is 2.88. The predicted molar refractivity (Wildman–Crippen MR) is 58.1 cm³/mol. The third kappa shape index (κ3) is 2.11. The Morgan fingerprint density at radius 3 is 2.63 bits per heavy atom. The minimum atomic E-state index is -4.47. The number of halogens is 3. The molecule has 0 amide bonds. The number of hydrogen-bond donors (Lipinski definition) is 0. The highest BCUT2D eigenvalue weighted by atomic mass is 19.4. The predicted octanol–water partition coefficient (Wildman–Crippen LogP) is 1.11. The lowest BCUT2D eigenvalue weighted by Crippen LogP contribution is -2.35. The first-order valence-corrected chi connectivity index (χ1v) is 5.56. The van der Waals surface area contributed by atoms with Gasteiger partial charge in [0.2, 0.25) is 5.82 Å². The van der Waals surface area contributed by atoms with Gasteiger partial charge in [-0.2, -0.15) is 13.2 Å². The second-order valence-corrected chi connectivity index (χ2v) is 4.07. The number of hydrogen-bond acceptors (Lipinski definition) is 5. The summed E-state index contributed by atoms with van der Waals surface area (Å²) in [7, 11) is 0. The number of nitrogens with zero attached hydrogens (tertiary/aromatic N) is 6. The summed E-state index contributed by atoms with van der Waals surface area (Å²) in [5.74, 6) is -0.0455. The van der Waals surface area contributed by atoms with Crippen molar-refractivity contribution in [2.24, 2.45) is 0 Å². The van der Waals surface area contributed by atoms with Crippen LogP contribution in [-0.2, 0) is 19.3 Å². The summed E-state index contributed by atoms with van der Waals surface area (Å²) in [5.41, 5.74) is 0. The van der Waals surface area contributed by atoms with E-state index in [9.17, 15) is 13.2 Å². The number of aromatic nitrogens is 5. The first-order chi connectivity index (χ1) is 9.05. The van der Waals surface area contributed by atoms with Gasteiger partial charge in [0.1, 0.15) is 5.82 Å².